The number of carbonyl (C=O) groups is 2. The minimum Gasteiger partial charge on any atom is -0.497 e. The summed E-state index contributed by atoms with van der Waals surface area (Å²) in [4.78, 5) is 28.0. The van der Waals surface area contributed by atoms with E-state index in [0.717, 1.165) is 0 Å². The molecule has 1 aromatic carbocycles. The van der Waals surface area contributed by atoms with E-state index in [9.17, 15) is 9.59 Å². The van der Waals surface area contributed by atoms with E-state index in [4.69, 9.17) is 4.74 Å². The van der Waals surface area contributed by atoms with Crippen LogP contribution in [-0.2, 0) is 0 Å². The summed E-state index contributed by atoms with van der Waals surface area (Å²) in [6.07, 6.45) is 4.39. The Morgan fingerprint density at radius 1 is 1.17 bits per heavy atom. The normalized spacial score (nSPS) is 9.78. The molecule has 2 amide bonds. The molecule has 6 nitrogen and oxygen atoms in total. The molecule has 0 fully saturated rings. The van der Waals surface area contributed by atoms with Crippen LogP contribution in [0, 0.1) is 0 Å². The number of anilines is 1. The number of pyridine rings is 1. The van der Waals surface area contributed by atoms with Gasteiger partial charge < -0.3 is 15.4 Å². The lowest BCUT2D eigenvalue weighted by atomic mass is 10.2. The molecular weight excluding hydrogens is 294 g/mol. The van der Waals surface area contributed by atoms with Gasteiger partial charge in [-0.2, -0.15) is 0 Å². The Kier molecular flexibility index (Phi) is 5.46. The van der Waals surface area contributed by atoms with Crippen molar-refractivity contribution in [2.24, 2.45) is 0 Å². The predicted octanol–water partition coefficient (Wildman–Crippen LogP) is 2.26. The molecule has 0 radical (unpaired) electrons. The smallest absolute Gasteiger partial charge is 0.257 e. The average molecular weight is 311 g/mol. The number of nitrogens with one attached hydrogen (secondary N) is 2. The van der Waals surface area contributed by atoms with Gasteiger partial charge in [0.1, 0.15) is 5.75 Å². The van der Waals surface area contributed by atoms with Gasteiger partial charge in [0.15, 0.2) is 0 Å². The van der Waals surface area contributed by atoms with Gasteiger partial charge in [-0.1, -0.05) is 6.08 Å². The number of ether oxygens (including phenoxy) is 1. The van der Waals surface area contributed by atoms with Gasteiger partial charge in [0.05, 0.1) is 18.2 Å². The Morgan fingerprint density at radius 3 is 2.43 bits per heavy atom. The third-order valence-corrected chi connectivity index (χ3v) is 3.02. The molecule has 0 atom stereocenters. The number of carbonyl (C=O) groups excluding carboxylic acids is 2. The Morgan fingerprint density at radius 2 is 1.83 bits per heavy atom. The van der Waals surface area contributed by atoms with Crippen molar-refractivity contribution in [3.63, 3.8) is 0 Å². The fourth-order valence-electron chi connectivity index (χ4n) is 1.83. The van der Waals surface area contributed by atoms with Crippen LogP contribution in [-0.4, -0.2) is 30.5 Å². The van der Waals surface area contributed by atoms with E-state index in [1.807, 2.05) is 0 Å². The summed E-state index contributed by atoms with van der Waals surface area (Å²) in [5, 5.41) is 5.37. The average Bonchev–Trinajstić information content (AvgIpc) is 2.60. The SMILES string of the molecule is C=CCNC(=O)c1cncc(C(=O)Nc2ccc(OC)cc2)c1. The minimum absolute atomic E-state index is 0.298. The lowest BCUT2D eigenvalue weighted by molar-refractivity contribution is 0.0957. The highest BCUT2D eigenvalue weighted by atomic mass is 16.5. The number of methoxy groups -OCH3 is 1. The maximum Gasteiger partial charge on any atom is 0.257 e. The Hall–Kier alpha value is -3.15. The zero-order valence-electron chi connectivity index (χ0n) is 12.7. The van der Waals surface area contributed by atoms with Gasteiger partial charge >= 0.3 is 0 Å². The molecule has 2 N–H and O–H groups in total. The first-order valence-electron chi connectivity index (χ1n) is 6.93. The van der Waals surface area contributed by atoms with Crippen molar-refractivity contribution in [1.82, 2.24) is 10.3 Å². The second-order valence-electron chi connectivity index (χ2n) is 4.64. The summed E-state index contributed by atoms with van der Waals surface area (Å²) in [5.41, 5.74) is 1.23. The molecule has 0 aliphatic rings. The largest absolute Gasteiger partial charge is 0.497 e. The summed E-state index contributed by atoms with van der Waals surface area (Å²) in [5.74, 6) is 0.0445. The quantitative estimate of drug-likeness (QED) is 0.802. The third-order valence-electron chi connectivity index (χ3n) is 3.02. The van der Waals surface area contributed by atoms with Crippen LogP contribution < -0.4 is 15.4 Å². The first-order valence-corrected chi connectivity index (χ1v) is 6.93. The second kappa shape index (κ2) is 7.74. The fraction of sp³-hybridized carbons (Fsp3) is 0.118. The number of amides is 2. The highest BCUT2D eigenvalue weighted by molar-refractivity contribution is 6.05. The zero-order valence-corrected chi connectivity index (χ0v) is 12.7. The third kappa shape index (κ3) is 4.41. The summed E-state index contributed by atoms with van der Waals surface area (Å²) >= 11 is 0. The van der Waals surface area contributed by atoms with E-state index >= 15 is 0 Å². The van der Waals surface area contributed by atoms with E-state index in [1.165, 1.54) is 18.5 Å². The number of benzene rings is 1. The molecule has 0 aliphatic heterocycles. The molecule has 1 heterocycles. The van der Waals surface area contributed by atoms with Gasteiger partial charge in [0, 0.05) is 24.6 Å². The van der Waals surface area contributed by atoms with E-state index in [2.05, 4.69) is 22.2 Å². The molecule has 23 heavy (non-hydrogen) atoms. The van der Waals surface area contributed by atoms with Crippen LogP contribution >= 0.6 is 0 Å². The van der Waals surface area contributed by atoms with Crippen molar-refractivity contribution in [3.05, 3.63) is 66.5 Å². The van der Waals surface area contributed by atoms with Gasteiger partial charge in [-0.3, -0.25) is 14.6 Å². The van der Waals surface area contributed by atoms with Crippen LogP contribution in [0.4, 0.5) is 5.69 Å². The van der Waals surface area contributed by atoms with Crippen LogP contribution in [0.5, 0.6) is 5.75 Å². The van der Waals surface area contributed by atoms with Gasteiger partial charge in [-0.05, 0) is 30.3 Å². The number of aromatic nitrogens is 1. The van der Waals surface area contributed by atoms with E-state index in [-0.39, 0.29) is 11.8 Å². The molecule has 0 bridgehead atoms. The lowest BCUT2D eigenvalue weighted by Gasteiger charge is -2.07. The molecule has 0 spiro atoms. The molecule has 0 saturated carbocycles. The summed E-state index contributed by atoms with van der Waals surface area (Å²) in [7, 11) is 1.57. The van der Waals surface area contributed by atoms with Crippen LogP contribution in [0.3, 0.4) is 0 Å². The molecule has 1 aromatic heterocycles. The molecule has 6 heteroatoms. The highest BCUT2D eigenvalue weighted by Crippen LogP contribution is 2.16. The van der Waals surface area contributed by atoms with E-state index < -0.39 is 0 Å². The Balaban J connectivity index is 2.09. The maximum atomic E-state index is 12.2. The molecule has 2 rings (SSSR count). The molecule has 0 saturated heterocycles. The summed E-state index contributed by atoms with van der Waals surface area (Å²) in [6.45, 7) is 3.88. The molecule has 2 aromatic rings. The zero-order chi connectivity index (χ0) is 16.7. The van der Waals surface area contributed by atoms with Crippen LogP contribution in [0.15, 0.2) is 55.4 Å². The fourth-order valence-corrected chi connectivity index (χ4v) is 1.83. The summed E-state index contributed by atoms with van der Waals surface area (Å²) in [6, 6.07) is 8.43. The first kappa shape index (κ1) is 16.2. The Labute approximate surface area is 134 Å². The molecule has 0 unspecified atom stereocenters. The van der Waals surface area contributed by atoms with Gasteiger partial charge in [-0.15, -0.1) is 6.58 Å². The highest BCUT2D eigenvalue weighted by Gasteiger charge is 2.11. The Bertz CT molecular complexity index is 711. The van der Waals surface area contributed by atoms with Crippen molar-refractivity contribution < 1.29 is 14.3 Å². The molecule has 118 valence electrons. The van der Waals surface area contributed by atoms with Crippen LogP contribution in [0.25, 0.3) is 0 Å². The van der Waals surface area contributed by atoms with Crippen molar-refractivity contribution in [2.45, 2.75) is 0 Å². The van der Waals surface area contributed by atoms with E-state index in [1.54, 1.807) is 37.5 Å². The maximum absolute atomic E-state index is 12.2. The predicted molar refractivity (Wildman–Crippen MR) is 87.7 cm³/mol. The number of hydrogen-bond donors (Lipinski definition) is 2. The first-order chi connectivity index (χ1) is 11.1. The van der Waals surface area contributed by atoms with E-state index in [0.29, 0.717) is 29.1 Å². The van der Waals surface area contributed by atoms with Crippen molar-refractivity contribution >= 4 is 17.5 Å². The van der Waals surface area contributed by atoms with Crippen molar-refractivity contribution in [3.8, 4) is 5.75 Å². The van der Waals surface area contributed by atoms with Gasteiger partial charge in [0.2, 0.25) is 0 Å². The van der Waals surface area contributed by atoms with Crippen molar-refractivity contribution in [1.29, 1.82) is 0 Å². The van der Waals surface area contributed by atoms with Gasteiger partial charge in [-0.25, -0.2) is 0 Å². The van der Waals surface area contributed by atoms with Crippen molar-refractivity contribution in [2.75, 3.05) is 19.0 Å². The molecule has 0 aliphatic carbocycles. The number of nitrogens with zero attached hydrogens (tertiary/aromatic N) is 1. The van der Waals surface area contributed by atoms with Crippen LogP contribution in [0.1, 0.15) is 20.7 Å². The number of rotatable bonds is 6. The monoisotopic (exact) mass is 311 g/mol. The van der Waals surface area contributed by atoms with Crippen LogP contribution in [0.2, 0.25) is 0 Å². The second-order valence-corrected chi connectivity index (χ2v) is 4.64. The lowest BCUT2D eigenvalue weighted by Crippen LogP contribution is -2.24. The molecular formula is C17H17N3O3. The standard InChI is InChI=1S/C17H17N3O3/c1-3-8-19-16(21)12-9-13(11-18-10-12)17(22)20-14-4-6-15(23-2)7-5-14/h3-7,9-11H,1,8H2,2H3,(H,19,21)(H,20,22). The number of hydrogen-bond acceptors (Lipinski definition) is 4. The summed E-state index contributed by atoms with van der Waals surface area (Å²) < 4.78 is 5.06. The minimum atomic E-state index is -0.346. The topological polar surface area (TPSA) is 80.3 Å². The van der Waals surface area contributed by atoms with Gasteiger partial charge in [0.25, 0.3) is 11.8 Å².